The van der Waals surface area contributed by atoms with Crippen molar-refractivity contribution >= 4 is 17.8 Å². The molecule has 19 heavy (non-hydrogen) atoms. The van der Waals surface area contributed by atoms with Gasteiger partial charge >= 0.3 is 11.9 Å². The van der Waals surface area contributed by atoms with Gasteiger partial charge in [0.15, 0.2) is 0 Å². The predicted molar refractivity (Wildman–Crippen MR) is 64.2 cm³/mol. The first-order valence-corrected chi connectivity index (χ1v) is 5.42. The van der Waals surface area contributed by atoms with Crippen molar-refractivity contribution < 1.29 is 23.9 Å². The molecule has 1 heterocycles. The molecule has 0 spiro atoms. The first-order chi connectivity index (χ1) is 9.08. The molecular formula is C12H14N2O5. The fourth-order valence-electron chi connectivity index (χ4n) is 1.29. The molecule has 0 saturated carbocycles. The molecule has 0 aliphatic carbocycles. The number of carbonyl (C=O) groups is 3. The lowest BCUT2D eigenvalue weighted by molar-refractivity contribution is -0.144. The van der Waals surface area contributed by atoms with Gasteiger partial charge in [-0.15, -0.1) is 0 Å². The van der Waals surface area contributed by atoms with E-state index < -0.39 is 17.8 Å². The molecule has 1 rings (SSSR count). The third-order valence-corrected chi connectivity index (χ3v) is 2.27. The van der Waals surface area contributed by atoms with Crippen LogP contribution >= 0.6 is 0 Å². The number of carbonyl (C=O) groups excluding carboxylic acids is 3. The summed E-state index contributed by atoms with van der Waals surface area (Å²) in [5.41, 5.74) is 0.135. The maximum atomic E-state index is 12.1. The van der Waals surface area contributed by atoms with Crippen LogP contribution in [0.4, 0.5) is 0 Å². The monoisotopic (exact) mass is 266 g/mol. The number of nitrogens with zero attached hydrogens (tertiary/aromatic N) is 2. The SMILES string of the molecule is COC(=O)CN(CC(=O)OC)C(=O)c1ccccn1. The molecule has 0 aromatic carbocycles. The summed E-state index contributed by atoms with van der Waals surface area (Å²) in [5.74, 6) is -1.81. The second kappa shape index (κ2) is 7.10. The first kappa shape index (κ1) is 14.6. The van der Waals surface area contributed by atoms with Crippen LogP contribution in [0.3, 0.4) is 0 Å². The summed E-state index contributed by atoms with van der Waals surface area (Å²) in [6.45, 7) is -0.692. The summed E-state index contributed by atoms with van der Waals surface area (Å²) in [6.07, 6.45) is 1.45. The molecule has 102 valence electrons. The van der Waals surface area contributed by atoms with Gasteiger partial charge in [0.2, 0.25) is 0 Å². The quantitative estimate of drug-likeness (QED) is 0.690. The molecule has 0 bridgehead atoms. The molecule has 0 N–H and O–H groups in total. The maximum Gasteiger partial charge on any atom is 0.325 e. The van der Waals surface area contributed by atoms with Crippen LogP contribution in [-0.2, 0) is 19.1 Å². The molecule has 0 aliphatic rings. The van der Waals surface area contributed by atoms with Crippen LogP contribution in [0, 0.1) is 0 Å². The zero-order valence-electron chi connectivity index (χ0n) is 10.7. The van der Waals surface area contributed by atoms with Gasteiger partial charge in [0.25, 0.3) is 5.91 Å². The van der Waals surface area contributed by atoms with Crippen LogP contribution in [-0.4, -0.2) is 55.0 Å². The number of aromatic nitrogens is 1. The van der Waals surface area contributed by atoms with E-state index in [1.54, 1.807) is 12.1 Å². The minimum absolute atomic E-state index is 0.135. The Morgan fingerprint density at radius 1 is 1.11 bits per heavy atom. The van der Waals surface area contributed by atoms with Crippen LogP contribution in [0.2, 0.25) is 0 Å². The fraction of sp³-hybridized carbons (Fsp3) is 0.333. The summed E-state index contributed by atoms with van der Waals surface area (Å²) in [7, 11) is 2.40. The largest absolute Gasteiger partial charge is 0.468 e. The van der Waals surface area contributed by atoms with Gasteiger partial charge in [-0.05, 0) is 12.1 Å². The molecule has 0 aliphatic heterocycles. The van der Waals surface area contributed by atoms with E-state index in [1.165, 1.54) is 26.5 Å². The van der Waals surface area contributed by atoms with Gasteiger partial charge in [-0.25, -0.2) is 0 Å². The van der Waals surface area contributed by atoms with Crippen LogP contribution in [0.15, 0.2) is 24.4 Å². The number of pyridine rings is 1. The topological polar surface area (TPSA) is 85.8 Å². The number of hydrogen-bond acceptors (Lipinski definition) is 6. The van der Waals surface area contributed by atoms with Crippen LogP contribution < -0.4 is 0 Å². The van der Waals surface area contributed by atoms with Crippen LogP contribution in [0.1, 0.15) is 10.5 Å². The number of amides is 1. The lowest BCUT2D eigenvalue weighted by Gasteiger charge is -2.19. The number of hydrogen-bond donors (Lipinski definition) is 0. The second-order valence-electron chi connectivity index (χ2n) is 3.53. The Morgan fingerprint density at radius 3 is 2.11 bits per heavy atom. The molecule has 0 unspecified atom stereocenters. The lowest BCUT2D eigenvalue weighted by Crippen LogP contribution is -2.40. The van der Waals surface area contributed by atoms with Crippen molar-refractivity contribution in [1.29, 1.82) is 0 Å². The Labute approximate surface area is 110 Å². The van der Waals surface area contributed by atoms with E-state index in [0.717, 1.165) is 4.90 Å². The van der Waals surface area contributed by atoms with E-state index in [1.807, 2.05) is 0 Å². The van der Waals surface area contributed by atoms with Gasteiger partial charge in [0.1, 0.15) is 18.8 Å². The lowest BCUT2D eigenvalue weighted by atomic mass is 10.3. The fourth-order valence-corrected chi connectivity index (χ4v) is 1.29. The van der Waals surface area contributed by atoms with Crippen molar-refractivity contribution in [3.8, 4) is 0 Å². The van der Waals surface area contributed by atoms with E-state index in [9.17, 15) is 14.4 Å². The van der Waals surface area contributed by atoms with Crippen LogP contribution in [0.5, 0.6) is 0 Å². The van der Waals surface area contributed by atoms with Gasteiger partial charge < -0.3 is 14.4 Å². The molecular weight excluding hydrogens is 252 g/mol. The van der Waals surface area contributed by atoms with E-state index in [4.69, 9.17) is 0 Å². The van der Waals surface area contributed by atoms with Gasteiger partial charge in [-0.3, -0.25) is 19.4 Å². The minimum Gasteiger partial charge on any atom is -0.468 e. The van der Waals surface area contributed by atoms with E-state index in [0.29, 0.717) is 0 Å². The van der Waals surface area contributed by atoms with E-state index >= 15 is 0 Å². The standard InChI is InChI=1S/C12H14N2O5/c1-18-10(15)7-14(8-11(16)19-2)12(17)9-5-3-4-6-13-9/h3-6H,7-8H2,1-2H3. The first-order valence-electron chi connectivity index (χ1n) is 5.42. The highest BCUT2D eigenvalue weighted by Crippen LogP contribution is 2.02. The summed E-state index contributed by atoms with van der Waals surface area (Å²) in [6, 6.07) is 4.78. The Bertz CT molecular complexity index is 442. The van der Waals surface area contributed by atoms with Gasteiger partial charge in [-0.2, -0.15) is 0 Å². The third kappa shape index (κ3) is 4.38. The molecule has 1 aromatic rings. The van der Waals surface area contributed by atoms with Gasteiger partial charge in [-0.1, -0.05) is 6.07 Å². The molecule has 1 amide bonds. The Balaban J connectivity index is 2.86. The van der Waals surface area contributed by atoms with Crippen molar-refractivity contribution in [2.45, 2.75) is 0 Å². The van der Waals surface area contributed by atoms with Crippen molar-refractivity contribution in [2.75, 3.05) is 27.3 Å². The van der Waals surface area contributed by atoms with Crippen LogP contribution in [0.25, 0.3) is 0 Å². The molecule has 7 nitrogen and oxygen atoms in total. The Kier molecular flexibility index (Phi) is 5.46. The number of methoxy groups -OCH3 is 2. The van der Waals surface area contributed by atoms with Crippen molar-refractivity contribution in [2.24, 2.45) is 0 Å². The van der Waals surface area contributed by atoms with E-state index in [2.05, 4.69) is 14.5 Å². The third-order valence-electron chi connectivity index (χ3n) is 2.27. The van der Waals surface area contributed by atoms with Crippen molar-refractivity contribution in [3.05, 3.63) is 30.1 Å². The average Bonchev–Trinajstić information content (AvgIpc) is 2.46. The molecule has 7 heteroatoms. The highest BCUT2D eigenvalue weighted by molar-refractivity contribution is 5.96. The number of rotatable bonds is 5. The van der Waals surface area contributed by atoms with Gasteiger partial charge in [0, 0.05) is 6.20 Å². The number of ether oxygens (including phenoxy) is 2. The summed E-state index contributed by atoms with van der Waals surface area (Å²) in [5, 5.41) is 0. The molecule has 0 atom stereocenters. The Hall–Kier alpha value is -2.44. The highest BCUT2D eigenvalue weighted by Gasteiger charge is 2.22. The zero-order valence-corrected chi connectivity index (χ0v) is 10.7. The molecule has 0 saturated heterocycles. The molecule has 0 radical (unpaired) electrons. The van der Waals surface area contributed by atoms with E-state index in [-0.39, 0.29) is 18.8 Å². The van der Waals surface area contributed by atoms with Crippen molar-refractivity contribution in [3.63, 3.8) is 0 Å². The van der Waals surface area contributed by atoms with Crippen molar-refractivity contribution in [1.82, 2.24) is 9.88 Å². The summed E-state index contributed by atoms with van der Waals surface area (Å²) >= 11 is 0. The highest BCUT2D eigenvalue weighted by atomic mass is 16.5. The molecule has 1 aromatic heterocycles. The maximum absolute atomic E-state index is 12.1. The number of esters is 2. The predicted octanol–water partition coefficient (Wildman–Crippen LogP) is -0.130. The molecule has 0 fully saturated rings. The summed E-state index contributed by atoms with van der Waals surface area (Å²) < 4.78 is 8.95. The zero-order chi connectivity index (χ0) is 14.3. The Morgan fingerprint density at radius 2 is 1.68 bits per heavy atom. The van der Waals surface area contributed by atoms with Gasteiger partial charge in [0.05, 0.1) is 14.2 Å². The normalized spacial score (nSPS) is 9.58. The smallest absolute Gasteiger partial charge is 0.325 e. The minimum atomic E-state index is -0.631. The second-order valence-corrected chi connectivity index (χ2v) is 3.53. The summed E-state index contributed by atoms with van der Waals surface area (Å²) in [4.78, 5) is 39.5. The average molecular weight is 266 g/mol.